The third-order valence-electron chi connectivity index (χ3n) is 0.224. The van der Waals surface area contributed by atoms with Crippen LogP contribution in [0.2, 0.25) is 1.41 Å². The van der Waals surface area contributed by atoms with Gasteiger partial charge in [0.1, 0.15) is 2.58 Å². The fraction of sp³-hybridized carbons (Fsp3) is 1.00. The Kier molecular flexibility index (Phi) is 0.314. The van der Waals surface area contributed by atoms with Gasteiger partial charge in [-0.2, -0.15) is 0 Å². The lowest BCUT2D eigenvalue weighted by Crippen LogP contribution is -2.29. The van der Waals surface area contributed by atoms with E-state index in [0.29, 0.717) is 0 Å². The summed E-state index contributed by atoms with van der Waals surface area (Å²) in [6.07, 6.45) is -2.61. The highest BCUT2D eigenvalue weighted by Gasteiger charge is 1.92. The SMILES string of the molecule is [2H]Cl.[2H]N1C([2H])([2H])C([2H])([2H])C1([2H])[2H]. The number of nitrogens with one attached hydrogen (secondary N) is 1. The predicted octanol–water partition coefficient (Wildman–Crippen LogP) is 0.401. The van der Waals surface area contributed by atoms with Crippen molar-refractivity contribution >= 4 is 12.3 Å². The van der Waals surface area contributed by atoms with Crippen molar-refractivity contribution in [2.24, 2.45) is 0 Å². The smallest absolute Gasteiger partial charge is 0.147 e. The van der Waals surface area contributed by atoms with Crippen LogP contribution in [0, 0.1) is 0 Å². The van der Waals surface area contributed by atoms with E-state index in [2.05, 4.69) is 12.3 Å². The van der Waals surface area contributed by atoms with Gasteiger partial charge in [-0.15, -0.1) is 12.3 Å². The van der Waals surface area contributed by atoms with Crippen LogP contribution in [-0.4, -0.2) is 14.2 Å². The van der Waals surface area contributed by atoms with E-state index in [-0.39, 0.29) is 5.31 Å². The monoisotopic (exact) mass is 101 g/mol. The minimum atomic E-state index is -2.61. The summed E-state index contributed by atoms with van der Waals surface area (Å²) in [5.41, 5.74) is 0. The summed E-state index contributed by atoms with van der Waals surface area (Å²) in [5.74, 6) is 0. The van der Waals surface area contributed by atoms with Crippen molar-refractivity contribution in [3.63, 3.8) is 0 Å². The lowest BCUT2D eigenvalue weighted by atomic mass is 10.3. The number of hydrogen-bond donors (Lipinski definition) is 1. The molecule has 0 unspecified atom stereocenters. The average Bonchev–Trinajstić information content (AvgIpc) is 2.05. The van der Waals surface area contributed by atoms with Crippen molar-refractivity contribution in [1.82, 2.24) is 5.31 Å². The molecule has 0 aromatic carbocycles. The van der Waals surface area contributed by atoms with E-state index in [1.165, 1.54) is 0 Å². The molecule has 0 radical (unpaired) electrons. The maximum Gasteiger partial charge on any atom is 0.147 e. The van der Waals surface area contributed by atoms with E-state index in [4.69, 9.17) is 10.8 Å². The van der Waals surface area contributed by atoms with Gasteiger partial charge in [0.2, 0.25) is 0 Å². The van der Waals surface area contributed by atoms with Crippen LogP contribution in [-0.2, 0) is 0 Å². The summed E-state index contributed by atoms with van der Waals surface area (Å²) in [6, 6.07) is 0. The van der Waals surface area contributed by atoms with Crippen LogP contribution in [0.25, 0.3) is 0 Å². The Labute approximate surface area is 49.2 Å². The van der Waals surface area contributed by atoms with Crippen LogP contribution in [0.5, 0.6) is 0 Å². The van der Waals surface area contributed by atoms with Gasteiger partial charge in [-0.05, 0) is 19.4 Å². The molecule has 1 aliphatic rings. The first-order valence-electron chi connectivity index (χ1n) is 4.77. The summed E-state index contributed by atoms with van der Waals surface area (Å²) in [5, 5.41) is 0.000000000000000222. The molecule has 1 N–H and O–H groups in total. The van der Waals surface area contributed by atoms with Gasteiger partial charge in [0, 0.05) is 8.22 Å². The summed E-state index contributed by atoms with van der Waals surface area (Å²) in [4.78, 5) is 0. The normalized spacial score (nSPS) is 75.4. The highest BCUT2D eigenvalue weighted by Crippen LogP contribution is 1.80. The minimum absolute atomic E-state index is 0.000000000000000222. The zero-order chi connectivity index (χ0) is 11.1. The second kappa shape index (κ2) is 2.49. The summed E-state index contributed by atoms with van der Waals surface area (Å²) in [6.45, 7) is -5.06. The van der Waals surface area contributed by atoms with Gasteiger partial charge in [0.25, 0.3) is 0 Å². The van der Waals surface area contributed by atoms with E-state index < -0.39 is 19.4 Å². The predicted molar refractivity (Wildman–Crippen MR) is 24.7 cm³/mol. The first-order valence-corrected chi connectivity index (χ1v) is 0.947. The Hall–Kier alpha value is 0.250. The van der Waals surface area contributed by atoms with E-state index >= 15 is 0 Å². The van der Waals surface area contributed by atoms with Gasteiger partial charge in [0.15, 0.2) is 0 Å². The molecule has 1 saturated heterocycles. The topological polar surface area (TPSA) is 12.0 Å². The molecular weight excluding hydrogens is 85.5 g/mol. The van der Waals surface area contributed by atoms with Crippen LogP contribution in [0.4, 0.5) is 0 Å². The van der Waals surface area contributed by atoms with Gasteiger partial charge < -0.3 is 5.31 Å². The molecule has 0 atom stereocenters. The van der Waals surface area contributed by atoms with Crippen LogP contribution >= 0.6 is 12.3 Å². The second-order valence-electron chi connectivity index (χ2n) is 0.460. The maximum absolute atomic E-state index is 6.96. The molecule has 1 fully saturated rings. The first kappa shape index (κ1) is 0.632. The van der Waals surface area contributed by atoms with Crippen molar-refractivity contribution < 1.29 is 9.64 Å². The number of halogens is 1. The van der Waals surface area contributed by atoms with Crippen LogP contribution in [0.3, 0.4) is 0 Å². The molecule has 0 aromatic heterocycles. The first-order chi connectivity index (χ1) is 5.65. The lowest BCUT2D eigenvalue weighted by molar-refractivity contribution is 0.527. The molecule has 1 aliphatic heterocycles. The molecule has 1 nitrogen and oxygen atoms in total. The van der Waals surface area contributed by atoms with Crippen molar-refractivity contribution in [3.05, 3.63) is 0 Å². The summed E-state index contributed by atoms with van der Waals surface area (Å²) in [7, 11) is 0. The quantitative estimate of drug-likeness (QED) is 0.466. The Bertz CT molecular complexity index is 174. The molecule has 0 aliphatic carbocycles. The zero-order valence-electron chi connectivity index (χ0n) is 10.3. The van der Waals surface area contributed by atoms with E-state index in [9.17, 15) is 0 Å². The average molecular weight is 102 g/mol. The fourth-order valence-corrected chi connectivity index (χ4v) is 0.0559. The van der Waals surface area contributed by atoms with E-state index in [1.807, 2.05) is 0 Å². The van der Waals surface area contributed by atoms with Gasteiger partial charge in [-0.25, -0.2) is 0 Å². The summed E-state index contributed by atoms with van der Waals surface area (Å²) >= 11 is 3.89. The van der Waals surface area contributed by atoms with Gasteiger partial charge >= 0.3 is 0 Å². The van der Waals surface area contributed by atoms with Crippen molar-refractivity contribution in [2.75, 3.05) is 13.0 Å². The van der Waals surface area contributed by atoms with Gasteiger partial charge in [-0.1, -0.05) is 0 Å². The maximum atomic E-state index is 6.96. The standard InChI is InChI=1S/C3H7N.ClH/c1-2-4-3-1;/h4H,1-3H2;1H/i1D2,2D2,3D2;/hD2. The zero-order valence-corrected chi connectivity index (χ0v) is 3.08. The molecule has 0 saturated carbocycles. The van der Waals surface area contributed by atoms with Crippen LogP contribution in [0.1, 0.15) is 14.6 Å². The molecule has 0 bridgehead atoms. The highest BCUT2D eigenvalue weighted by atomic mass is 35.5. The fourth-order valence-electron chi connectivity index (χ4n) is 0.0559. The molecule has 1 heterocycles. The second-order valence-corrected chi connectivity index (χ2v) is 0.460. The minimum Gasteiger partial charge on any atom is -0.317 e. The third-order valence-corrected chi connectivity index (χ3v) is 0.224. The molecule has 0 spiro atoms. The van der Waals surface area contributed by atoms with Crippen LogP contribution < -0.4 is 5.31 Å². The van der Waals surface area contributed by atoms with E-state index in [1.54, 1.807) is 0 Å². The third kappa shape index (κ3) is 1.19. The molecule has 5 heavy (non-hydrogen) atoms. The van der Waals surface area contributed by atoms with Gasteiger partial charge in [-0.3, -0.25) is 0 Å². The highest BCUT2D eigenvalue weighted by molar-refractivity contribution is 5.85. The van der Waals surface area contributed by atoms with Crippen molar-refractivity contribution in [1.29, 1.82) is 1.17 Å². The Morgan fingerprint density at radius 2 is 2.60 bits per heavy atom. The lowest BCUT2D eigenvalue weighted by Gasteiger charge is -2.09. The number of rotatable bonds is 0. The number of hydrogen-bond acceptors (Lipinski definition) is 1. The largest absolute Gasteiger partial charge is 0.317 e. The molecule has 2 heteroatoms. The van der Waals surface area contributed by atoms with Crippen molar-refractivity contribution in [3.8, 4) is 0 Å². The van der Waals surface area contributed by atoms with Crippen LogP contribution in [0.15, 0.2) is 0 Å². The van der Waals surface area contributed by atoms with E-state index in [0.717, 1.165) is 0 Å². The Balaban J connectivity index is 0.000000671. The molecule has 32 valence electrons. The molecular formula is C3H8ClN. The Morgan fingerprint density at radius 3 is 2.80 bits per heavy atom. The van der Waals surface area contributed by atoms with Crippen molar-refractivity contribution in [2.45, 2.75) is 6.37 Å². The summed E-state index contributed by atoms with van der Waals surface area (Å²) < 4.78 is 53.6. The molecule has 1 rings (SSSR count). The molecule has 0 aromatic rings. The van der Waals surface area contributed by atoms with Gasteiger partial charge in [0.05, 0.1) is 0 Å². The Morgan fingerprint density at radius 1 is 2.00 bits per heavy atom. The molecule has 0 amide bonds.